The van der Waals surface area contributed by atoms with E-state index in [4.69, 9.17) is 0 Å². The summed E-state index contributed by atoms with van der Waals surface area (Å²) < 4.78 is 0. The van der Waals surface area contributed by atoms with Crippen molar-refractivity contribution in [1.29, 1.82) is 0 Å². The molecule has 0 radical (unpaired) electrons. The Morgan fingerprint density at radius 1 is 1.05 bits per heavy atom. The summed E-state index contributed by atoms with van der Waals surface area (Å²) in [4.78, 5) is 41.8. The van der Waals surface area contributed by atoms with Gasteiger partial charge in [0.15, 0.2) is 0 Å². The number of benzene rings is 2. The van der Waals surface area contributed by atoms with Gasteiger partial charge in [0.05, 0.1) is 13.1 Å². The molecule has 2 aliphatic heterocycles. The number of likely N-dealkylation sites (N-methyl/N-ethyl adjacent to an activating group) is 2. The highest BCUT2D eigenvalue weighted by Crippen LogP contribution is 2.27. The lowest BCUT2D eigenvalue weighted by atomic mass is 10.1. The fourth-order valence-electron chi connectivity index (χ4n) is 4.75. The minimum atomic E-state index is -0.149. The number of aryl methyl sites for hydroxylation is 1. The number of carbonyl (C=O) groups excluding carboxylic acids is 3. The summed E-state index contributed by atoms with van der Waals surface area (Å²) >= 11 is 0. The summed E-state index contributed by atoms with van der Waals surface area (Å²) in [6.07, 6.45) is 0. The molecule has 0 bridgehead atoms. The van der Waals surface area contributed by atoms with Gasteiger partial charge in [0.25, 0.3) is 5.91 Å². The molecule has 1 saturated heterocycles. The maximum Gasteiger partial charge on any atom is 0.321 e. The predicted octanol–water partition coefficient (Wildman–Crippen LogP) is 1.45. The summed E-state index contributed by atoms with van der Waals surface area (Å²) in [5.41, 5.74) is 4.91. The Kier molecular flexibility index (Phi) is 8.62. The Hall–Kier alpha value is -3.63. The van der Waals surface area contributed by atoms with Gasteiger partial charge in [-0.15, -0.1) is 0 Å². The van der Waals surface area contributed by atoms with E-state index in [1.807, 2.05) is 54.1 Å². The lowest BCUT2D eigenvalue weighted by Gasteiger charge is -2.32. The third kappa shape index (κ3) is 6.39. The van der Waals surface area contributed by atoms with Crippen molar-refractivity contribution in [2.75, 3.05) is 62.7 Å². The number of hydrogen-bond acceptors (Lipinski definition) is 6. The first-order chi connectivity index (χ1) is 17.9. The molecule has 0 saturated carbocycles. The second kappa shape index (κ2) is 12.1. The van der Waals surface area contributed by atoms with Crippen LogP contribution >= 0.6 is 0 Å². The molecule has 2 aromatic rings. The molecule has 0 atom stereocenters. The summed E-state index contributed by atoms with van der Waals surface area (Å²) in [7, 11) is 1.78. The molecule has 10 nitrogen and oxygen atoms in total. The number of amides is 4. The topological polar surface area (TPSA) is 100 Å². The van der Waals surface area contributed by atoms with E-state index in [1.165, 1.54) is 11.1 Å². The molecule has 0 aliphatic carbocycles. The summed E-state index contributed by atoms with van der Waals surface area (Å²) in [6, 6.07) is 13.8. The van der Waals surface area contributed by atoms with Gasteiger partial charge >= 0.3 is 6.03 Å². The first-order valence-electron chi connectivity index (χ1n) is 12.8. The molecule has 4 rings (SSSR count). The molecule has 4 amide bonds. The van der Waals surface area contributed by atoms with Gasteiger partial charge < -0.3 is 20.9 Å². The first-order valence-corrected chi connectivity index (χ1v) is 12.8. The smallest absolute Gasteiger partial charge is 0.321 e. The quantitative estimate of drug-likeness (QED) is 0.398. The van der Waals surface area contributed by atoms with Crippen LogP contribution in [0.5, 0.6) is 0 Å². The van der Waals surface area contributed by atoms with Crippen LogP contribution in [0.2, 0.25) is 0 Å². The normalized spacial score (nSPS) is 14.9. The highest BCUT2D eigenvalue weighted by Gasteiger charge is 2.27. The molecule has 0 aromatic heterocycles. The first kappa shape index (κ1) is 26.4. The van der Waals surface area contributed by atoms with Crippen molar-refractivity contribution in [3.05, 3.63) is 59.2 Å². The van der Waals surface area contributed by atoms with Crippen LogP contribution in [0, 0.1) is 6.92 Å². The Bertz CT molecular complexity index is 1110. The minimum absolute atomic E-state index is 0.0500. The number of anilines is 2. The van der Waals surface area contributed by atoms with E-state index in [1.54, 1.807) is 17.0 Å². The van der Waals surface area contributed by atoms with Gasteiger partial charge in [-0.25, -0.2) is 9.80 Å². The Balaban J connectivity index is 1.48. The summed E-state index contributed by atoms with van der Waals surface area (Å²) in [5, 5.41) is 12.6. The maximum atomic E-state index is 13.4. The van der Waals surface area contributed by atoms with Crippen molar-refractivity contribution < 1.29 is 14.4 Å². The lowest BCUT2D eigenvalue weighted by molar-refractivity contribution is -0.145. The van der Waals surface area contributed by atoms with E-state index in [2.05, 4.69) is 28.1 Å². The van der Waals surface area contributed by atoms with Crippen LogP contribution in [0.15, 0.2) is 42.5 Å². The number of rotatable bonds is 11. The maximum absolute atomic E-state index is 13.4. The summed E-state index contributed by atoms with van der Waals surface area (Å²) in [6.45, 7) is 8.67. The van der Waals surface area contributed by atoms with Gasteiger partial charge in [0.1, 0.15) is 0 Å². The van der Waals surface area contributed by atoms with Gasteiger partial charge in [0, 0.05) is 57.7 Å². The molecule has 2 aliphatic rings. The molecule has 0 unspecified atom stereocenters. The predicted molar refractivity (Wildman–Crippen MR) is 144 cm³/mol. The molecule has 198 valence electrons. The number of hydrazine groups is 1. The van der Waals surface area contributed by atoms with Gasteiger partial charge in [0.2, 0.25) is 5.91 Å². The largest absolute Gasteiger partial charge is 0.353 e. The average molecular weight is 508 g/mol. The van der Waals surface area contributed by atoms with Crippen molar-refractivity contribution in [3.8, 4) is 0 Å². The molecule has 2 heterocycles. The Morgan fingerprint density at radius 2 is 1.78 bits per heavy atom. The van der Waals surface area contributed by atoms with Crippen LogP contribution in [0.3, 0.4) is 0 Å². The van der Waals surface area contributed by atoms with Crippen LogP contribution in [0.1, 0.15) is 23.6 Å². The van der Waals surface area contributed by atoms with Crippen molar-refractivity contribution in [2.45, 2.75) is 26.9 Å². The number of carbonyl (C=O) groups is 3. The molecule has 0 spiro atoms. The molecule has 1 fully saturated rings. The number of nitrogens with one attached hydrogen (secondary N) is 3. The van der Waals surface area contributed by atoms with Crippen molar-refractivity contribution in [1.82, 2.24) is 26.0 Å². The minimum Gasteiger partial charge on any atom is -0.353 e. The van der Waals surface area contributed by atoms with E-state index in [-0.39, 0.29) is 30.9 Å². The zero-order chi connectivity index (χ0) is 26.4. The fourth-order valence-corrected chi connectivity index (χ4v) is 4.75. The van der Waals surface area contributed by atoms with E-state index < -0.39 is 0 Å². The van der Waals surface area contributed by atoms with Crippen molar-refractivity contribution in [3.63, 3.8) is 0 Å². The standard InChI is InChI=1S/C27H37N7O3/c1-4-28-11-12-29-25(35)18-32(24-10-9-23(15-20(24)2)34-14-13-30-27(34)37)19-26(36)31(3)33-16-21-7-5-6-8-22(21)17-33/h5-10,15,28H,4,11-14,16-19H2,1-3H3,(H,29,35)(H,30,37). The molecular formula is C27H37N7O3. The van der Waals surface area contributed by atoms with Crippen LogP contribution in [-0.4, -0.2) is 80.7 Å². The SMILES string of the molecule is CCNCCNC(=O)CN(CC(=O)N(C)N1Cc2ccccc2C1)c1ccc(N2CCNC2=O)cc1C. The molecule has 37 heavy (non-hydrogen) atoms. The number of hydrogen-bond donors (Lipinski definition) is 3. The molecule has 2 aromatic carbocycles. The fraction of sp³-hybridized carbons (Fsp3) is 0.444. The zero-order valence-corrected chi connectivity index (χ0v) is 21.9. The van der Waals surface area contributed by atoms with Crippen molar-refractivity contribution >= 4 is 29.2 Å². The average Bonchev–Trinajstić information content (AvgIpc) is 3.52. The van der Waals surface area contributed by atoms with E-state index in [0.717, 1.165) is 23.5 Å². The highest BCUT2D eigenvalue weighted by molar-refractivity contribution is 5.94. The number of nitrogens with zero attached hydrogens (tertiary/aromatic N) is 4. The highest BCUT2D eigenvalue weighted by atomic mass is 16.2. The van der Waals surface area contributed by atoms with E-state index in [9.17, 15) is 14.4 Å². The number of urea groups is 1. The van der Waals surface area contributed by atoms with Crippen LogP contribution in [-0.2, 0) is 22.7 Å². The zero-order valence-electron chi connectivity index (χ0n) is 21.9. The Morgan fingerprint density at radius 3 is 2.41 bits per heavy atom. The molecule has 3 N–H and O–H groups in total. The van der Waals surface area contributed by atoms with Crippen LogP contribution in [0.25, 0.3) is 0 Å². The van der Waals surface area contributed by atoms with Gasteiger partial charge in [-0.3, -0.25) is 19.5 Å². The van der Waals surface area contributed by atoms with E-state index in [0.29, 0.717) is 39.3 Å². The summed E-state index contributed by atoms with van der Waals surface area (Å²) in [5.74, 6) is -0.250. The van der Waals surface area contributed by atoms with Crippen molar-refractivity contribution in [2.24, 2.45) is 0 Å². The second-order valence-corrected chi connectivity index (χ2v) is 9.42. The lowest BCUT2D eigenvalue weighted by Crippen LogP contribution is -2.48. The molecular weight excluding hydrogens is 470 g/mol. The third-order valence-corrected chi connectivity index (χ3v) is 6.83. The van der Waals surface area contributed by atoms with Crippen LogP contribution < -0.4 is 25.8 Å². The van der Waals surface area contributed by atoms with E-state index >= 15 is 0 Å². The van der Waals surface area contributed by atoms with Gasteiger partial charge in [-0.05, 0) is 48.4 Å². The van der Waals surface area contributed by atoms with Crippen LogP contribution in [0.4, 0.5) is 16.2 Å². The molecule has 10 heteroatoms. The second-order valence-electron chi connectivity index (χ2n) is 9.42. The third-order valence-electron chi connectivity index (χ3n) is 6.83. The number of fused-ring (bicyclic) bond motifs is 1. The Labute approximate surface area is 218 Å². The van der Waals surface area contributed by atoms with Gasteiger partial charge in [-0.2, -0.15) is 0 Å². The monoisotopic (exact) mass is 507 g/mol. The van der Waals surface area contributed by atoms with Gasteiger partial charge in [-0.1, -0.05) is 31.2 Å².